The topological polar surface area (TPSA) is 160 Å². The fraction of sp³-hybridized carbons (Fsp3) is 0.361. The minimum atomic E-state index is -1.05. The number of halogens is 1. The number of nitrogens with zero attached hydrogens (tertiary/aromatic N) is 1. The molecule has 2 aromatic carbocycles. The van der Waals surface area contributed by atoms with E-state index in [1.54, 1.807) is 36.4 Å². The smallest absolute Gasteiger partial charge is 0.266 e. The van der Waals surface area contributed by atoms with E-state index in [0.29, 0.717) is 72.2 Å². The van der Waals surface area contributed by atoms with Crippen LogP contribution in [0.3, 0.4) is 0 Å². The van der Waals surface area contributed by atoms with Crippen molar-refractivity contribution < 1.29 is 47.3 Å². The molecule has 1 fully saturated rings. The molecule has 0 bridgehead atoms. The van der Waals surface area contributed by atoms with Crippen LogP contribution in [-0.4, -0.2) is 87.4 Å². The van der Waals surface area contributed by atoms with Gasteiger partial charge in [-0.3, -0.25) is 34.2 Å². The Morgan fingerprint density at radius 3 is 2.20 bits per heavy atom. The van der Waals surface area contributed by atoms with E-state index in [4.69, 9.17) is 39.7 Å². The third-order valence-electron chi connectivity index (χ3n) is 7.83. The van der Waals surface area contributed by atoms with E-state index in [-0.39, 0.29) is 55.0 Å². The van der Waals surface area contributed by atoms with Crippen molar-refractivity contribution >= 4 is 47.9 Å². The number of carbonyl (C=O) groups is 4. The number of piperidine rings is 1. The van der Waals surface area contributed by atoms with E-state index in [1.165, 1.54) is 12.1 Å². The molecule has 2 aliphatic heterocycles. The van der Waals surface area contributed by atoms with E-state index in [9.17, 15) is 24.0 Å². The summed E-state index contributed by atoms with van der Waals surface area (Å²) in [7, 11) is 0. The summed E-state index contributed by atoms with van der Waals surface area (Å²) in [6, 6.07) is 10.1. The molecule has 3 heterocycles. The number of fused-ring (bicyclic) bond motifs is 1. The van der Waals surface area contributed by atoms with E-state index in [2.05, 4.69) is 11.9 Å². The van der Waals surface area contributed by atoms with Crippen molar-refractivity contribution in [3.8, 4) is 22.8 Å². The maximum absolute atomic E-state index is 13.1. The van der Waals surface area contributed by atoms with Crippen LogP contribution in [0, 0.1) is 0 Å². The number of imide groups is 2. The van der Waals surface area contributed by atoms with E-state index >= 15 is 0 Å². The minimum Gasteiger partial charge on any atom is -0.491 e. The zero-order valence-corrected chi connectivity index (χ0v) is 28.3. The second kappa shape index (κ2) is 17.2. The Labute approximate surface area is 292 Å². The Morgan fingerprint density at radius 1 is 0.880 bits per heavy atom. The molecule has 1 atom stereocenters. The van der Waals surface area contributed by atoms with Gasteiger partial charge in [0.1, 0.15) is 41.9 Å². The zero-order chi connectivity index (χ0) is 35.6. The number of hydrogen-bond acceptors (Lipinski definition) is 11. The number of amides is 4. The summed E-state index contributed by atoms with van der Waals surface area (Å²) < 4.78 is 33.8. The average molecular weight is 709 g/mol. The minimum absolute atomic E-state index is 0.0425. The first-order valence-corrected chi connectivity index (χ1v) is 16.5. The Kier molecular flexibility index (Phi) is 12.6. The van der Waals surface area contributed by atoms with Crippen molar-refractivity contribution in [2.24, 2.45) is 0 Å². The molecule has 13 nitrogen and oxygen atoms in total. The van der Waals surface area contributed by atoms with Gasteiger partial charge in [0.05, 0.1) is 61.0 Å². The van der Waals surface area contributed by atoms with Gasteiger partial charge in [-0.15, -0.1) is 0 Å². The second-order valence-corrected chi connectivity index (χ2v) is 11.6. The molecule has 0 aliphatic carbocycles. The predicted octanol–water partition coefficient (Wildman–Crippen LogP) is 2.47. The largest absolute Gasteiger partial charge is 0.491 e. The Hall–Kier alpha value is -4.82. The third-order valence-corrected chi connectivity index (χ3v) is 8.14. The van der Waals surface area contributed by atoms with Gasteiger partial charge in [0, 0.05) is 18.1 Å². The fourth-order valence-electron chi connectivity index (χ4n) is 5.46. The molecule has 0 saturated carbocycles. The Balaban J connectivity index is 0.935. The summed E-state index contributed by atoms with van der Waals surface area (Å²) in [6.45, 7) is 8.04. The fourth-order valence-corrected chi connectivity index (χ4v) is 5.73. The highest BCUT2D eigenvalue weighted by atomic mass is 35.5. The van der Waals surface area contributed by atoms with Crippen molar-refractivity contribution in [1.82, 2.24) is 10.2 Å². The highest BCUT2D eigenvalue weighted by Gasteiger charge is 2.46. The lowest BCUT2D eigenvalue weighted by atomic mass is 10.0. The van der Waals surface area contributed by atoms with Crippen LogP contribution in [-0.2, 0) is 23.8 Å². The van der Waals surface area contributed by atoms with E-state index < -0.39 is 29.7 Å². The third kappa shape index (κ3) is 8.66. The molecule has 0 spiro atoms. The molecular weight excluding hydrogens is 672 g/mol. The van der Waals surface area contributed by atoms with Crippen LogP contribution < -0.4 is 30.9 Å². The van der Waals surface area contributed by atoms with Crippen LogP contribution in [0.25, 0.3) is 24.0 Å². The van der Waals surface area contributed by atoms with Crippen LogP contribution in [0.1, 0.15) is 46.9 Å². The monoisotopic (exact) mass is 708 g/mol. The van der Waals surface area contributed by atoms with Crippen LogP contribution in [0.5, 0.6) is 11.5 Å². The molecular formula is C36H37ClN2O11. The maximum Gasteiger partial charge on any atom is 0.266 e. The molecule has 3 aromatic rings. The molecule has 50 heavy (non-hydrogen) atoms. The lowest BCUT2D eigenvalue weighted by Gasteiger charge is -2.27. The number of carbonyl (C=O) groups excluding carboxylic acids is 4. The van der Waals surface area contributed by atoms with Crippen molar-refractivity contribution in [3.05, 3.63) is 79.5 Å². The van der Waals surface area contributed by atoms with Crippen LogP contribution in [0.15, 0.2) is 51.7 Å². The van der Waals surface area contributed by atoms with Gasteiger partial charge in [-0.25, -0.2) is 0 Å². The highest BCUT2D eigenvalue weighted by Crippen LogP contribution is 2.34. The van der Waals surface area contributed by atoms with Gasteiger partial charge in [0.15, 0.2) is 5.43 Å². The molecule has 1 aromatic heterocycles. The van der Waals surface area contributed by atoms with Crippen molar-refractivity contribution in [2.75, 3.05) is 52.9 Å². The van der Waals surface area contributed by atoms with Gasteiger partial charge in [-0.2, -0.15) is 0 Å². The Morgan fingerprint density at radius 2 is 1.56 bits per heavy atom. The lowest BCUT2D eigenvalue weighted by molar-refractivity contribution is -0.136. The SMILES string of the molecule is C=c1oc(-c2ccc(OCCOCCOCCOCCOc3cccc4c3C(=O)N(C3CCC(=O)NC3=O)C4=O)cc2Cl)cc(=O)/c1=C/CC. The Bertz CT molecular complexity index is 1890. The molecule has 1 N–H and O–H groups in total. The standard InChI is InChI=1S/C36H37ClN2O11/c1-3-5-24-22(2)50-31(21-29(24)40)25-9-8-23(20-27(25)37)48-18-16-46-14-12-45-13-15-47-17-19-49-30-7-4-6-26-33(30)36(44)39(35(26)43)28-10-11-32(41)38-34(28)42/h4-9,20-21,28H,2-3,10-19H2,1H3,(H,38,41,42)/b24-5+. The van der Waals surface area contributed by atoms with Gasteiger partial charge >= 0.3 is 0 Å². The molecule has 1 saturated heterocycles. The first-order chi connectivity index (χ1) is 24.2. The van der Waals surface area contributed by atoms with Crippen molar-refractivity contribution in [2.45, 2.75) is 32.2 Å². The van der Waals surface area contributed by atoms with Crippen LogP contribution in [0.4, 0.5) is 0 Å². The summed E-state index contributed by atoms with van der Waals surface area (Å²) in [5.41, 5.74) is 0.905. The summed E-state index contributed by atoms with van der Waals surface area (Å²) in [5.74, 6) is -1.25. The second-order valence-electron chi connectivity index (χ2n) is 11.2. The summed E-state index contributed by atoms with van der Waals surface area (Å²) >= 11 is 6.44. The number of ether oxygens (including phenoxy) is 5. The lowest BCUT2D eigenvalue weighted by Crippen LogP contribution is -2.54. The molecule has 4 amide bonds. The molecule has 2 aliphatic rings. The summed E-state index contributed by atoms with van der Waals surface area (Å²) in [4.78, 5) is 63.2. The van der Waals surface area contributed by atoms with E-state index in [1.807, 2.05) is 6.92 Å². The van der Waals surface area contributed by atoms with Gasteiger partial charge in [-0.05, 0) is 43.2 Å². The van der Waals surface area contributed by atoms with Gasteiger partial charge in [0.25, 0.3) is 11.8 Å². The highest BCUT2D eigenvalue weighted by molar-refractivity contribution is 6.33. The van der Waals surface area contributed by atoms with Crippen molar-refractivity contribution in [1.29, 1.82) is 0 Å². The maximum atomic E-state index is 13.1. The number of benzene rings is 2. The number of rotatable bonds is 17. The van der Waals surface area contributed by atoms with Crippen LogP contribution >= 0.6 is 11.6 Å². The molecule has 14 heteroatoms. The molecule has 5 rings (SSSR count). The first kappa shape index (κ1) is 36.5. The van der Waals surface area contributed by atoms with E-state index in [0.717, 1.165) is 4.90 Å². The van der Waals surface area contributed by atoms with Crippen LogP contribution in [0.2, 0.25) is 5.02 Å². The predicted molar refractivity (Wildman–Crippen MR) is 182 cm³/mol. The average Bonchev–Trinajstić information content (AvgIpc) is 3.34. The zero-order valence-electron chi connectivity index (χ0n) is 27.5. The quantitative estimate of drug-likeness (QED) is 0.162. The summed E-state index contributed by atoms with van der Waals surface area (Å²) in [5, 5.41) is 2.99. The number of hydrogen-bond donors (Lipinski definition) is 1. The van der Waals surface area contributed by atoms with Gasteiger partial charge in [0.2, 0.25) is 11.8 Å². The molecule has 0 radical (unpaired) electrons. The number of nitrogens with one attached hydrogen (secondary N) is 1. The molecule has 1 unspecified atom stereocenters. The normalized spacial score (nSPS) is 16.2. The molecule has 264 valence electrons. The van der Waals surface area contributed by atoms with Crippen molar-refractivity contribution in [3.63, 3.8) is 0 Å². The van der Waals surface area contributed by atoms with Gasteiger partial charge in [-0.1, -0.05) is 37.2 Å². The first-order valence-electron chi connectivity index (χ1n) is 16.2. The summed E-state index contributed by atoms with van der Waals surface area (Å²) in [6.07, 6.45) is 2.58. The van der Waals surface area contributed by atoms with Gasteiger partial charge < -0.3 is 28.1 Å².